The van der Waals surface area contributed by atoms with E-state index in [1.165, 1.54) is 60.1 Å². The van der Waals surface area contributed by atoms with Crippen LogP contribution in [0, 0.1) is 0 Å². The van der Waals surface area contributed by atoms with Crippen molar-refractivity contribution in [1.82, 2.24) is 0 Å². The molecule has 1 fully saturated rings. The highest BCUT2D eigenvalue weighted by molar-refractivity contribution is 8.93. The molecule has 4 heteroatoms. The van der Waals surface area contributed by atoms with E-state index in [2.05, 4.69) is 96.8 Å². The van der Waals surface area contributed by atoms with Crippen LogP contribution in [0.3, 0.4) is 0 Å². The average Bonchev–Trinajstić information content (AvgIpc) is 3.28. The van der Waals surface area contributed by atoms with E-state index in [0.717, 1.165) is 0 Å². The van der Waals surface area contributed by atoms with E-state index in [1.54, 1.807) is 0 Å². The lowest BCUT2D eigenvalue weighted by atomic mass is 10.3. The second kappa shape index (κ2) is 11.3. The lowest BCUT2D eigenvalue weighted by Crippen LogP contribution is -3.00. The smallest absolute Gasteiger partial charge is 0.112 e. The number of benzene rings is 3. The van der Waals surface area contributed by atoms with Gasteiger partial charge in [-0.1, -0.05) is 49.4 Å². The number of nitrogens with zero attached hydrogens (tertiary/aromatic N) is 1. The van der Waals surface area contributed by atoms with Crippen molar-refractivity contribution in [3.63, 3.8) is 0 Å². The summed E-state index contributed by atoms with van der Waals surface area (Å²) in [7, 11) is -1.65. The van der Waals surface area contributed by atoms with Crippen LogP contribution in [0.4, 0.5) is 5.69 Å². The zero-order valence-corrected chi connectivity index (χ0v) is 21.2. The van der Waals surface area contributed by atoms with Crippen molar-refractivity contribution in [2.45, 2.75) is 26.2 Å². The Morgan fingerprint density at radius 1 is 0.724 bits per heavy atom. The Hall–Kier alpha value is -1.15. The fourth-order valence-electron chi connectivity index (χ4n) is 4.44. The first-order valence-corrected chi connectivity index (χ1v) is 12.2. The lowest BCUT2D eigenvalue weighted by molar-refractivity contribution is -0.00000543. The summed E-state index contributed by atoms with van der Waals surface area (Å²) in [6.07, 6.45) is 5.03. The summed E-state index contributed by atoms with van der Waals surface area (Å²) in [5, 5.41) is 4.51. The molecule has 3 aromatic carbocycles. The lowest BCUT2D eigenvalue weighted by Gasteiger charge is -2.28. The maximum absolute atomic E-state index is 2.56. The van der Waals surface area contributed by atoms with Crippen molar-refractivity contribution < 1.29 is 17.0 Å². The van der Waals surface area contributed by atoms with E-state index < -0.39 is 7.26 Å². The molecule has 0 saturated carbocycles. The molecule has 0 amide bonds. The normalized spacial score (nSPS) is 13.5. The molecule has 0 aliphatic carbocycles. The maximum atomic E-state index is 2.56. The van der Waals surface area contributed by atoms with Crippen LogP contribution in [0.15, 0.2) is 84.9 Å². The summed E-state index contributed by atoms with van der Waals surface area (Å²) < 4.78 is 0. The minimum atomic E-state index is -1.65. The van der Waals surface area contributed by atoms with Crippen LogP contribution < -0.4 is 37.8 Å². The molecule has 1 aliphatic rings. The Bertz CT molecular complexity index is 825. The molecule has 1 aliphatic heterocycles. The van der Waals surface area contributed by atoms with Crippen molar-refractivity contribution in [3.8, 4) is 0 Å². The van der Waals surface area contributed by atoms with E-state index in [-0.39, 0.29) is 34.0 Å². The van der Waals surface area contributed by atoms with Crippen LogP contribution in [0.1, 0.15) is 26.2 Å². The minimum absolute atomic E-state index is 0. The fourth-order valence-corrected chi connectivity index (χ4v) is 8.83. The highest BCUT2D eigenvalue weighted by Crippen LogP contribution is 2.56. The molecule has 154 valence electrons. The third kappa shape index (κ3) is 4.95. The van der Waals surface area contributed by atoms with E-state index in [9.17, 15) is 0 Å². The Kier molecular flexibility index (Phi) is 9.40. The number of rotatable bonds is 6. The van der Waals surface area contributed by atoms with E-state index in [4.69, 9.17) is 0 Å². The summed E-state index contributed by atoms with van der Waals surface area (Å²) in [4.78, 5) is 2.56. The Morgan fingerprint density at radius 2 is 1.24 bits per heavy atom. The van der Waals surface area contributed by atoms with Gasteiger partial charge in [-0.05, 0) is 55.7 Å². The Labute approximate surface area is 197 Å². The van der Waals surface area contributed by atoms with Gasteiger partial charge in [0.2, 0.25) is 0 Å². The molecule has 0 radical (unpaired) electrons. The predicted octanol–water partition coefficient (Wildman–Crippen LogP) is 2.57. The van der Waals surface area contributed by atoms with Crippen LogP contribution in [-0.4, -0.2) is 19.3 Å². The number of hydrogen-bond donors (Lipinski definition) is 0. The maximum Gasteiger partial charge on any atom is 0.112 e. The van der Waals surface area contributed by atoms with Crippen molar-refractivity contribution in [3.05, 3.63) is 84.9 Å². The molecule has 0 aromatic heterocycles. The van der Waals surface area contributed by atoms with Gasteiger partial charge in [0, 0.05) is 24.8 Å². The summed E-state index contributed by atoms with van der Waals surface area (Å²) in [5.41, 5.74) is 1.40. The van der Waals surface area contributed by atoms with Crippen molar-refractivity contribution >= 4 is 45.8 Å². The molecule has 0 atom stereocenters. The molecule has 4 rings (SSSR count). The topological polar surface area (TPSA) is 3.24 Å². The molecule has 1 nitrogen and oxygen atoms in total. The molecule has 0 bridgehead atoms. The number of hydrogen-bond acceptors (Lipinski definition) is 1. The van der Waals surface area contributed by atoms with E-state index in [1.807, 2.05) is 0 Å². The highest BCUT2D eigenvalue weighted by atomic mass is 79.9. The second-order valence-electron chi connectivity index (χ2n) is 7.42. The SMILES string of the molecule is Br.CCC[P+](c1ccccc1)(c1ccccc1)c1cccc(N2CCCC2)c1.[Br-]. The van der Waals surface area contributed by atoms with Gasteiger partial charge in [0.1, 0.15) is 23.2 Å². The molecule has 3 aromatic rings. The van der Waals surface area contributed by atoms with Gasteiger partial charge in [-0.2, -0.15) is 0 Å². The third-order valence-electron chi connectivity index (χ3n) is 5.69. The molecular formula is C25H30Br2NP. The summed E-state index contributed by atoms with van der Waals surface area (Å²) in [6.45, 7) is 4.71. The predicted molar refractivity (Wildman–Crippen MR) is 132 cm³/mol. The van der Waals surface area contributed by atoms with Crippen molar-refractivity contribution in [2.75, 3.05) is 24.2 Å². The Balaban J connectivity index is 0.00000150. The monoisotopic (exact) mass is 533 g/mol. The van der Waals surface area contributed by atoms with Gasteiger partial charge in [-0.15, -0.1) is 17.0 Å². The first-order valence-electron chi connectivity index (χ1n) is 10.2. The highest BCUT2D eigenvalue weighted by Gasteiger charge is 2.44. The van der Waals surface area contributed by atoms with Crippen LogP contribution in [0.5, 0.6) is 0 Å². The first kappa shape index (κ1) is 24.1. The molecule has 29 heavy (non-hydrogen) atoms. The minimum Gasteiger partial charge on any atom is -1.00 e. The Morgan fingerprint density at radius 3 is 1.76 bits per heavy atom. The molecule has 0 unspecified atom stereocenters. The number of anilines is 1. The number of halogens is 2. The van der Waals surface area contributed by atoms with Crippen LogP contribution in [-0.2, 0) is 0 Å². The van der Waals surface area contributed by atoms with E-state index in [0.29, 0.717) is 0 Å². The quantitative estimate of drug-likeness (QED) is 0.439. The molecular weight excluding hydrogens is 505 g/mol. The summed E-state index contributed by atoms with van der Waals surface area (Å²) in [6, 6.07) is 31.9. The van der Waals surface area contributed by atoms with Crippen LogP contribution >= 0.6 is 24.2 Å². The van der Waals surface area contributed by atoms with Gasteiger partial charge in [-0.25, -0.2) is 0 Å². The van der Waals surface area contributed by atoms with Crippen molar-refractivity contribution in [1.29, 1.82) is 0 Å². The van der Waals surface area contributed by atoms with Gasteiger partial charge in [0.05, 0.1) is 6.16 Å². The van der Waals surface area contributed by atoms with Gasteiger partial charge < -0.3 is 21.9 Å². The van der Waals surface area contributed by atoms with E-state index >= 15 is 0 Å². The second-order valence-corrected chi connectivity index (χ2v) is 11.0. The summed E-state index contributed by atoms with van der Waals surface area (Å²) >= 11 is 0. The average molecular weight is 535 g/mol. The van der Waals surface area contributed by atoms with Gasteiger partial charge in [0.25, 0.3) is 0 Å². The first-order chi connectivity index (χ1) is 13.3. The zero-order valence-electron chi connectivity index (χ0n) is 17.0. The summed E-state index contributed by atoms with van der Waals surface area (Å²) in [5.74, 6) is 0. The standard InChI is InChI=1S/C25H29NP.2BrH/c1-2-20-27(23-13-5-3-6-14-23,24-15-7-4-8-16-24)25-17-11-12-22(21-25)26-18-9-10-19-26;;/h3-8,11-17,21H,2,9-10,18-20H2,1H3;2*1H/q+1;;/p-1. The van der Waals surface area contributed by atoms with Gasteiger partial charge >= 0.3 is 0 Å². The zero-order chi connectivity index (χ0) is 18.5. The fraction of sp³-hybridized carbons (Fsp3) is 0.280. The third-order valence-corrected chi connectivity index (χ3v) is 10.3. The molecule has 1 saturated heterocycles. The largest absolute Gasteiger partial charge is 1.00 e. The molecule has 1 heterocycles. The molecule has 0 spiro atoms. The van der Waals surface area contributed by atoms with Gasteiger partial charge in [-0.3, -0.25) is 0 Å². The molecule has 0 N–H and O–H groups in total. The van der Waals surface area contributed by atoms with Crippen LogP contribution in [0.2, 0.25) is 0 Å². The van der Waals surface area contributed by atoms with Gasteiger partial charge in [0.15, 0.2) is 0 Å². The van der Waals surface area contributed by atoms with Crippen LogP contribution in [0.25, 0.3) is 0 Å². The van der Waals surface area contributed by atoms with Crippen molar-refractivity contribution in [2.24, 2.45) is 0 Å².